The molecule has 2 aliphatic heterocycles. The van der Waals surface area contributed by atoms with E-state index in [9.17, 15) is 22.8 Å². The van der Waals surface area contributed by atoms with Gasteiger partial charge < -0.3 is 14.8 Å². The first kappa shape index (κ1) is 21.1. The Bertz CT molecular complexity index is 1200. The second-order valence-corrected chi connectivity index (χ2v) is 9.80. The Balaban J connectivity index is 1.59. The van der Waals surface area contributed by atoms with Crippen molar-refractivity contribution in [1.29, 1.82) is 0 Å². The Morgan fingerprint density at radius 3 is 2.35 bits per heavy atom. The number of hydrogen-bond acceptors (Lipinski definition) is 5. The van der Waals surface area contributed by atoms with Crippen LogP contribution < -0.4 is 15.6 Å². The molecule has 10 heteroatoms. The number of benzene rings is 1. The van der Waals surface area contributed by atoms with E-state index in [1.165, 1.54) is 37.3 Å². The van der Waals surface area contributed by atoms with Gasteiger partial charge in [0.1, 0.15) is 5.69 Å². The highest BCUT2D eigenvalue weighted by Crippen LogP contribution is 2.35. The van der Waals surface area contributed by atoms with E-state index < -0.39 is 10.0 Å². The van der Waals surface area contributed by atoms with Gasteiger partial charge in [0, 0.05) is 50.8 Å². The third-order valence-electron chi connectivity index (χ3n) is 5.78. The van der Waals surface area contributed by atoms with E-state index in [0.29, 0.717) is 25.3 Å². The summed E-state index contributed by atoms with van der Waals surface area (Å²) in [6.45, 7) is 4.54. The molecular weight excluding hydrogens is 420 g/mol. The Kier molecular flexibility index (Phi) is 5.34. The minimum absolute atomic E-state index is 0.0157. The van der Waals surface area contributed by atoms with Crippen molar-refractivity contribution >= 4 is 33.2 Å². The molecule has 1 saturated heterocycles. The van der Waals surface area contributed by atoms with Crippen LogP contribution in [0.4, 0.5) is 11.4 Å². The van der Waals surface area contributed by atoms with Gasteiger partial charge in [-0.2, -0.15) is 0 Å². The molecule has 2 amide bonds. The van der Waals surface area contributed by atoms with Crippen molar-refractivity contribution in [2.24, 2.45) is 5.92 Å². The maximum atomic E-state index is 13.1. The van der Waals surface area contributed by atoms with E-state index in [4.69, 9.17) is 0 Å². The van der Waals surface area contributed by atoms with Crippen molar-refractivity contribution in [3.8, 4) is 0 Å². The highest BCUT2D eigenvalue weighted by atomic mass is 32.2. The van der Waals surface area contributed by atoms with E-state index in [1.807, 2.05) is 4.90 Å². The molecule has 0 radical (unpaired) electrons. The number of anilines is 2. The summed E-state index contributed by atoms with van der Waals surface area (Å²) in [6.07, 6.45) is 0.912. The first-order valence-electron chi connectivity index (χ1n) is 10.0. The van der Waals surface area contributed by atoms with Crippen LogP contribution in [0.25, 0.3) is 0 Å². The number of carbonyl (C=O) groups is 2. The molecule has 2 atom stereocenters. The zero-order valence-electron chi connectivity index (χ0n) is 17.3. The molecule has 0 aliphatic carbocycles. The fourth-order valence-corrected chi connectivity index (χ4v) is 5.46. The van der Waals surface area contributed by atoms with Crippen LogP contribution in [-0.4, -0.2) is 42.8 Å². The van der Waals surface area contributed by atoms with Gasteiger partial charge >= 0.3 is 0 Å². The van der Waals surface area contributed by atoms with Crippen LogP contribution in [0.2, 0.25) is 0 Å². The number of nitrogens with one attached hydrogen (secondary N) is 2. The normalized spacial score (nSPS) is 20.0. The number of nitrogens with zero attached hydrogens (tertiary/aromatic N) is 2. The molecule has 164 valence electrons. The molecule has 2 bridgehead atoms. The third kappa shape index (κ3) is 4.20. The number of amides is 2. The largest absolute Gasteiger partial charge is 0.342 e. The number of fused-ring (bicyclic) bond motifs is 4. The van der Waals surface area contributed by atoms with Crippen LogP contribution in [0.15, 0.2) is 46.1 Å². The summed E-state index contributed by atoms with van der Waals surface area (Å²) < 4.78 is 29.6. The quantitative estimate of drug-likeness (QED) is 0.742. The third-order valence-corrected chi connectivity index (χ3v) is 7.16. The highest BCUT2D eigenvalue weighted by molar-refractivity contribution is 7.92. The molecular formula is C21H24N4O5S. The SMILES string of the molecule is CC(=O)Nc1ccc(S(=O)(=O)Nc2ccc3n(c2=O)CC2CC3CN(C(C)=O)C2)cc1. The Morgan fingerprint density at radius 2 is 1.71 bits per heavy atom. The van der Waals surface area contributed by atoms with Crippen LogP contribution in [-0.2, 0) is 26.2 Å². The molecule has 1 aromatic heterocycles. The molecule has 9 nitrogen and oxygen atoms in total. The van der Waals surface area contributed by atoms with Crippen LogP contribution in [0.1, 0.15) is 31.9 Å². The fourth-order valence-electron chi connectivity index (χ4n) is 4.40. The monoisotopic (exact) mass is 444 g/mol. The van der Waals surface area contributed by atoms with Gasteiger partial charge in [-0.3, -0.25) is 19.1 Å². The smallest absolute Gasteiger partial charge is 0.275 e. The van der Waals surface area contributed by atoms with Crippen molar-refractivity contribution in [3.05, 3.63) is 52.4 Å². The maximum Gasteiger partial charge on any atom is 0.275 e. The first-order chi connectivity index (χ1) is 14.6. The average molecular weight is 445 g/mol. The van der Waals surface area contributed by atoms with Gasteiger partial charge in [0.2, 0.25) is 11.8 Å². The number of carbonyl (C=O) groups excluding carboxylic acids is 2. The molecule has 4 rings (SSSR count). The number of piperidine rings is 1. The summed E-state index contributed by atoms with van der Waals surface area (Å²) in [5.74, 6) is 0.00325. The molecule has 2 unspecified atom stereocenters. The summed E-state index contributed by atoms with van der Waals surface area (Å²) in [7, 11) is -3.98. The van der Waals surface area contributed by atoms with E-state index >= 15 is 0 Å². The zero-order chi connectivity index (χ0) is 22.3. The van der Waals surface area contributed by atoms with E-state index in [0.717, 1.165) is 12.1 Å². The van der Waals surface area contributed by atoms with Crippen LogP contribution >= 0.6 is 0 Å². The molecule has 0 spiro atoms. The standard InChI is InChI=1S/C21H24N4O5S/c1-13(26)22-17-3-5-18(6-4-17)31(29,30)23-19-7-8-20-16-9-15(11-25(20)21(19)28)10-24(12-16)14(2)27/h3-8,15-16,23H,9-12H2,1-2H3,(H,22,26). The van der Waals surface area contributed by atoms with Gasteiger partial charge in [-0.15, -0.1) is 0 Å². The molecule has 2 aliphatic rings. The minimum atomic E-state index is -3.98. The topological polar surface area (TPSA) is 118 Å². The first-order valence-corrected chi connectivity index (χ1v) is 11.5. The summed E-state index contributed by atoms with van der Waals surface area (Å²) >= 11 is 0. The lowest BCUT2D eigenvalue weighted by Crippen LogP contribution is -2.48. The Hall–Kier alpha value is -3.14. The molecule has 0 saturated carbocycles. The molecule has 31 heavy (non-hydrogen) atoms. The maximum absolute atomic E-state index is 13.1. The van der Waals surface area contributed by atoms with Crippen molar-refractivity contribution in [2.45, 2.75) is 37.6 Å². The van der Waals surface area contributed by atoms with Crippen molar-refractivity contribution in [2.75, 3.05) is 23.1 Å². The summed E-state index contributed by atoms with van der Waals surface area (Å²) in [5, 5.41) is 2.57. The van der Waals surface area contributed by atoms with E-state index in [1.54, 1.807) is 17.6 Å². The molecule has 2 N–H and O–H groups in total. The predicted molar refractivity (Wildman–Crippen MR) is 115 cm³/mol. The van der Waals surface area contributed by atoms with E-state index in [2.05, 4.69) is 10.0 Å². The summed E-state index contributed by atoms with van der Waals surface area (Å²) in [5.41, 5.74) is 0.904. The Morgan fingerprint density at radius 1 is 1.00 bits per heavy atom. The molecule has 1 aromatic carbocycles. The molecule has 3 heterocycles. The minimum Gasteiger partial charge on any atom is -0.342 e. The highest BCUT2D eigenvalue weighted by Gasteiger charge is 2.36. The summed E-state index contributed by atoms with van der Waals surface area (Å²) in [4.78, 5) is 37.8. The summed E-state index contributed by atoms with van der Waals surface area (Å²) in [6, 6.07) is 8.96. The predicted octanol–water partition coefficient (Wildman–Crippen LogP) is 1.57. The lowest BCUT2D eigenvalue weighted by atomic mass is 9.83. The number of hydrogen-bond donors (Lipinski definition) is 2. The van der Waals surface area contributed by atoms with Gasteiger partial charge in [-0.05, 0) is 48.7 Å². The number of likely N-dealkylation sites (tertiary alicyclic amines) is 1. The lowest BCUT2D eigenvalue weighted by Gasteiger charge is -2.42. The van der Waals surface area contributed by atoms with Gasteiger partial charge in [-0.25, -0.2) is 8.42 Å². The fraction of sp³-hybridized carbons (Fsp3) is 0.381. The average Bonchev–Trinajstić information content (AvgIpc) is 2.70. The Labute approximate surface area is 180 Å². The van der Waals surface area contributed by atoms with Crippen LogP contribution in [0, 0.1) is 5.92 Å². The van der Waals surface area contributed by atoms with Crippen LogP contribution in [0.5, 0.6) is 0 Å². The number of sulfonamides is 1. The number of pyridine rings is 1. The van der Waals surface area contributed by atoms with Crippen molar-refractivity contribution in [1.82, 2.24) is 9.47 Å². The van der Waals surface area contributed by atoms with E-state index in [-0.39, 0.29) is 39.8 Å². The van der Waals surface area contributed by atoms with Gasteiger partial charge in [0.05, 0.1) is 4.90 Å². The lowest BCUT2D eigenvalue weighted by molar-refractivity contribution is -0.131. The number of rotatable bonds is 4. The molecule has 2 aromatic rings. The molecule has 1 fully saturated rings. The second-order valence-electron chi connectivity index (χ2n) is 8.12. The van der Waals surface area contributed by atoms with Crippen molar-refractivity contribution < 1.29 is 18.0 Å². The van der Waals surface area contributed by atoms with Crippen LogP contribution in [0.3, 0.4) is 0 Å². The number of aromatic nitrogens is 1. The van der Waals surface area contributed by atoms with Crippen molar-refractivity contribution in [3.63, 3.8) is 0 Å². The van der Waals surface area contributed by atoms with Gasteiger partial charge in [0.25, 0.3) is 15.6 Å². The second kappa shape index (κ2) is 7.84. The van der Waals surface area contributed by atoms with Gasteiger partial charge in [-0.1, -0.05) is 0 Å². The zero-order valence-corrected chi connectivity index (χ0v) is 18.1. The van der Waals surface area contributed by atoms with Gasteiger partial charge in [0.15, 0.2) is 0 Å².